The van der Waals surface area contributed by atoms with Crippen LogP contribution in [0.3, 0.4) is 0 Å². The maximum Gasteiger partial charge on any atom is 0.291 e. The molecule has 1 N–H and O–H groups in total. The highest BCUT2D eigenvalue weighted by atomic mass is 32.1. The Kier molecular flexibility index (Phi) is 3.50. The van der Waals surface area contributed by atoms with Gasteiger partial charge in [-0.2, -0.15) is 4.52 Å². The second kappa shape index (κ2) is 5.54. The third-order valence-electron chi connectivity index (χ3n) is 4.10. The molecule has 23 heavy (non-hydrogen) atoms. The van der Waals surface area contributed by atoms with Gasteiger partial charge in [-0.25, -0.2) is 9.97 Å². The molecule has 0 bridgehead atoms. The molecule has 0 fully saturated rings. The van der Waals surface area contributed by atoms with E-state index in [1.807, 2.05) is 6.92 Å². The number of carbonyl (C=O) groups excluding carboxylic acids is 1. The number of hydrogen-bond donors (Lipinski definition) is 1. The van der Waals surface area contributed by atoms with Crippen LogP contribution in [0.15, 0.2) is 0 Å². The van der Waals surface area contributed by atoms with Crippen LogP contribution in [-0.4, -0.2) is 45.8 Å². The summed E-state index contributed by atoms with van der Waals surface area (Å²) in [6.07, 6.45) is 3.34. The van der Waals surface area contributed by atoms with Crippen LogP contribution in [0, 0.1) is 6.92 Å². The third kappa shape index (κ3) is 2.29. The average molecular weight is 331 g/mol. The number of aromatic nitrogens is 4. The number of amides is 1. The van der Waals surface area contributed by atoms with E-state index < -0.39 is 0 Å². The predicted molar refractivity (Wildman–Crippen MR) is 87.1 cm³/mol. The number of nitrogens with zero attached hydrogens (tertiary/aromatic N) is 4. The van der Waals surface area contributed by atoms with E-state index in [0.29, 0.717) is 13.2 Å². The fraction of sp³-hybridized carbons (Fsp3) is 0.467. The maximum atomic E-state index is 12.2. The van der Waals surface area contributed by atoms with E-state index in [0.717, 1.165) is 34.5 Å². The molecule has 0 atom stereocenters. The summed E-state index contributed by atoms with van der Waals surface area (Å²) in [5.41, 5.74) is 2.07. The van der Waals surface area contributed by atoms with Crippen molar-refractivity contribution in [1.29, 1.82) is 0 Å². The van der Waals surface area contributed by atoms with E-state index in [-0.39, 0.29) is 11.7 Å². The Morgan fingerprint density at radius 3 is 3.09 bits per heavy atom. The third-order valence-corrected chi connectivity index (χ3v) is 5.28. The SMILES string of the molecule is COCCNC(=O)c1nc2c3c4c(sc3nc(C)n2n1)CCC4. The standard InChI is InChI=1S/C15H17N5O2S/c1-8-17-15-11(9-4-3-5-10(9)23-15)13-18-12(19-20(8)13)14(21)16-6-7-22-2/h3-7H2,1-2H3,(H,16,21). The Bertz CT molecular complexity index is 914. The number of thiophene rings is 1. The average Bonchev–Trinajstić information content (AvgIpc) is 3.20. The van der Waals surface area contributed by atoms with Crippen molar-refractivity contribution >= 4 is 33.1 Å². The van der Waals surface area contributed by atoms with Crippen molar-refractivity contribution in [3.63, 3.8) is 0 Å². The number of rotatable bonds is 4. The topological polar surface area (TPSA) is 81.4 Å². The summed E-state index contributed by atoms with van der Waals surface area (Å²) in [7, 11) is 1.60. The van der Waals surface area contributed by atoms with Gasteiger partial charge in [-0.05, 0) is 31.7 Å². The maximum absolute atomic E-state index is 12.2. The van der Waals surface area contributed by atoms with E-state index in [4.69, 9.17) is 4.74 Å². The Morgan fingerprint density at radius 1 is 1.39 bits per heavy atom. The van der Waals surface area contributed by atoms with E-state index in [1.165, 1.54) is 16.9 Å². The second-order valence-corrected chi connectivity index (χ2v) is 6.70. The minimum Gasteiger partial charge on any atom is -0.383 e. The molecule has 3 heterocycles. The quantitative estimate of drug-likeness (QED) is 0.733. The highest BCUT2D eigenvalue weighted by molar-refractivity contribution is 7.19. The van der Waals surface area contributed by atoms with Crippen molar-refractivity contribution in [2.24, 2.45) is 0 Å². The number of methoxy groups -OCH3 is 1. The number of carbonyl (C=O) groups is 1. The van der Waals surface area contributed by atoms with Crippen LogP contribution in [0.2, 0.25) is 0 Å². The summed E-state index contributed by atoms with van der Waals surface area (Å²) >= 11 is 1.74. The van der Waals surface area contributed by atoms with Crippen molar-refractivity contribution < 1.29 is 9.53 Å². The molecule has 1 aliphatic rings. The van der Waals surface area contributed by atoms with E-state index in [2.05, 4.69) is 20.4 Å². The summed E-state index contributed by atoms with van der Waals surface area (Å²) < 4.78 is 6.61. The first-order valence-electron chi connectivity index (χ1n) is 7.64. The van der Waals surface area contributed by atoms with Crippen LogP contribution in [0.25, 0.3) is 15.9 Å². The molecule has 3 aromatic rings. The molecule has 0 saturated heterocycles. The fourth-order valence-electron chi connectivity index (χ4n) is 3.03. The highest BCUT2D eigenvalue weighted by Crippen LogP contribution is 2.38. The Labute approximate surface area is 136 Å². The highest BCUT2D eigenvalue weighted by Gasteiger charge is 2.24. The molecule has 0 unspecified atom stereocenters. The van der Waals surface area contributed by atoms with E-state index >= 15 is 0 Å². The van der Waals surface area contributed by atoms with Crippen LogP contribution >= 0.6 is 11.3 Å². The van der Waals surface area contributed by atoms with Crippen LogP contribution in [0.5, 0.6) is 0 Å². The zero-order valence-corrected chi connectivity index (χ0v) is 13.9. The van der Waals surface area contributed by atoms with Crippen molar-refractivity contribution in [3.05, 3.63) is 22.1 Å². The van der Waals surface area contributed by atoms with Gasteiger partial charge in [0.15, 0.2) is 5.65 Å². The van der Waals surface area contributed by atoms with Crippen LogP contribution in [0.4, 0.5) is 0 Å². The normalized spacial score (nSPS) is 13.8. The van der Waals surface area contributed by atoms with Gasteiger partial charge in [0.1, 0.15) is 10.7 Å². The zero-order chi connectivity index (χ0) is 16.0. The molecular weight excluding hydrogens is 314 g/mol. The van der Waals surface area contributed by atoms with Gasteiger partial charge in [0.05, 0.1) is 12.0 Å². The lowest BCUT2D eigenvalue weighted by atomic mass is 10.2. The van der Waals surface area contributed by atoms with Crippen molar-refractivity contribution in [2.75, 3.05) is 20.3 Å². The molecule has 7 nitrogen and oxygen atoms in total. The van der Waals surface area contributed by atoms with Gasteiger partial charge < -0.3 is 10.1 Å². The molecule has 1 aliphatic carbocycles. The first-order valence-corrected chi connectivity index (χ1v) is 8.45. The Hall–Kier alpha value is -2.06. The second-order valence-electron chi connectivity index (χ2n) is 5.62. The van der Waals surface area contributed by atoms with Gasteiger partial charge in [0.25, 0.3) is 5.91 Å². The fourth-order valence-corrected chi connectivity index (χ4v) is 4.34. The largest absolute Gasteiger partial charge is 0.383 e. The summed E-state index contributed by atoms with van der Waals surface area (Å²) in [6, 6.07) is 0. The zero-order valence-electron chi connectivity index (χ0n) is 13.0. The molecule has 0 spiro atoms. The van der Waals surface area contributed by atoms with Crippen LogP contribution in [0.1, 0.15) is 33.3 Å². The lowest BCUT2D eigenvalue weighted by molar-refractivity contribution is 0.0927. The monoisotopic (exact) mass is 331 g/mol. The number of ether oxygens (including phenoxy) is 1. The van der Waals surface area contributed by atoms with E-state index in [1.54, 1.807) is 23.0 Å². The van der Waals surface area contributed by atoms with Gasteiger partial charge in [-0.15, -0.1) is 16.4 Å². The Balaban J connectivity index is 1.82. The van der Waals surface area contributed by atoms with Gasteiger partial charge in [0.2, 0.25) is 5.82 Å². The van der Waals surface area contributed by atoms with Crippen LogP contribution in [-0.2, 0) is 17.6 Å². The van der Waals surface area contributed by atoms with Gasteiger partial charge in [-0.1, -0.05) is 0 Å². The van der Waals surface area contributed by atoms with E-state index in [9.17, 15) is 4.79 Å². The van der Waals surface area contributed by atoms with Crippen molar-refractivity contribution in [2.45, 2.75) is 26.2 Å². The number of nitrogens with one attached hydrogen (secondary N) is 1. The molecule has 0 saturated carbocycles. The molecule has 1 amide bonds. The van der Waals surface area contributed by atoms with Gasteiger partial charge in [0, 0.05) is 18.5 Å². The number of fused-ring (bicyclic) bond motifs is 5. The molecule has 4 rings (SSSR count). The number of hydrogen-bond acceptors (Lipinski definition) is 6. The Morgan fingerprint density at radius 2 is 2.26 bits per heavy atom. The summed E-state index contributed by atoms with van der Waals surface area (Å²) in [5, 5.41) is 8.16. The summed E-state index contributed by atoms with van der Waals surface area (Å²) in [6.45, 7) is 2.78. The summed E-state index contributed by atoms with van der Waals surface area (Å²) in [4.78, 5) is 23.7. The minimum atomic E-state index is -0.287. The molecule has 8 heteroatoms. The van der Waals surface area contributed by atoms with Crippen LogP contribution < -0.4 is 5.32 Å². The van der Waals surface area contributed by atoms with Gasteiger partial charge in [-0.3, -0.25) is 4.79 Å². The minimum absolute atomic E-state index is 0.177. The molecule has 0 aromatic carbocycles. The molecule has 0 aliphatic heterocycles. The molecule has 120 valence electrons. The van der Waals surface area contributed by atoms with Crippen molar-refractivity contribution in [1.82, 2.24) is 24.9 Å². The summed E-state index contributed by atoms with van der Waals surface area (Å²) in [5.74, 6) is 0.637. The smallest absolute Gasteiger partial charge is 0.291 e. The molecular formula is C15H17N5O2S. The lowest BCUT2D eigenvalue weighted by Gasteiger charge is -2.00. The molecule has 0 radical (unpaired) electrons. The van der Waals surface area contributed by atoms with Crippen molar-refractivity contribution in [3.8, 4) is 0 Å². The molecule has 3 aromatic heterocycles. The number of aryl methyl sites for hydroxylation is 3. The first-order chi connectivity index (χ1) is 11.2. The predicted octanol–water partition coefficient (Wildman–Crippen LogP) is 1.51. The lowest BCUT2D eigenvalue weighted by Crippen LogP contribution is -2.27. The first kappa shape index (κ1) is 14.5. The van der Waals surface area contributed by atoms with Gasteiger partial charge >= 0.3 is 0 Å².